The van der Waals surface area contributed by atoms with Gasteiger partial charge >= 0.3 is 0 Å². The van der Waals surface area contributed by atoms with E-state index in [0.29, 0.717) is 0 Å². The molecule has 1 aromatic heterocycles. The third-order valence-corrected chi connectivity index (χ3v) is 3.79. The van der Waals surface area contributed by atoms with Gasteiger partial charge in [0.25, 0.3) is 0 Å². The van der Waals surface area contributed by atoms with Crippen LogP contribution in [0, 0.1) is 6.92 Å². The normalized spacial score (nSPS) is 17.3. The Labute approximate surface area is 125 Å². The summed E-state index contributed by atoms with van der Waals surface area (Å²) >= 11 is 0. The van der Waals surface area contributed by atoms with Gasteiger partial charge in [-0.3, -0.25) is 4.68 Å². The molecular weight excluding hydrogens is 266 g/mol. The third kappa shape index (κ3) is 2.68. The molecular formula is C16H21N3O2. The van der Waals surface area contributed by atoms with E-state index in [0.717, 1.165) is 36.0 Å². The van der Waals surface area contributed by atoms with Gasteiger partial charge in [0, 0.05) is 31.4 Å². The number of rotatable bonds is 3. The van der Waals surface area contributed by atoms with E-state index >= 15 is 0 Å². The maximum Gasteiger partial charge on any atom is 0.143 e. The minimum absolute atomic E-state index is 0.169. The van der Waals surface area contributed by atoms with Crippen molar-refractivity contribution in [3.8, 4) is 11.5 Å². The van der Waals surface area contributed by atoms with Crippen LogP contribution >= 0.6 is 0 Å². The summed E-state index contributed by atoms with van der Waals surface area (Å²) in [4.78, 5) is 2.33. The molecule has 0 radical (unpaired) electrons. The van der Waals surface area contributed by atoms with Crippen LogP contribution in [0.2, 0.25) is 0 Å². The lowest BCUT2D eigenvalue weighted by Crippen LogP contribution is -2.38. The van der Waals surface area contributed by atoms with Crippen molar-refractivity contribution in [1.29, 1.82) is 0 Å². The van der Waals surface area contributed by atoms with Crippen LogP contribution in [-0.4, -0.2) is 29.5 Å². The summed E-state index contributed by atoms with van der Waals surface area (Å²) in [6.07, 6.45) is 2.25. The topological polar surface area (TPSA) is 39.5 Å². The molecule has 1 aromatic carbocycles. The van der Waals surface area contributed by atoms with Crippen LogP contribution in [0.25, 0.3) is 0 Å². The average molecular weight is 287 g/mol. The molecule has 5 heteroatoms. The summed E-state index contributed by atoms with van der Waals surface area (Å²) in [7, 11) is 3.64. The van der Waals surface area contributed by atoms with E-state index in [-0.39, 0.29) is 6.10 Å². The average Bonchev–Trinajstić information content (AvgIpc) is 2.76. The summed E-state index contributed by atoms with van der Waals surface area (Å²) in [5, 5.41) is 4.42. The highest BCUT2D eigenvalue weighted by molar-refractivity contribution is 5.63. The summed E-state index contributed by atoms with van der Waals surface area (Å²) in [5.41, 5.74) is 3.39. The molecule has 21 heavy (non-hydrogen) atoms. The van der Waals surface area contributed by atoms with Gasteiger partial charge in [0.05, 0.1) is 25.0 Å². The van der Waals surface area contributed by atoms with Gasteiger partial charge in [0.1, 0.15) is 17.6 Å². The molecule has 1 aliphatic rings. The Kier molecular flexibility index (Phi) is 3.49. The third-order valence-electron chi connectivity index (χ3n) is 3.79. The van der Waals surface area contributed by atoms with Crippen LogP contribution in [-0.2, 0) is 13.6 Å². The van der Waals surface area contributed by atoms with Gasteiger partial charge in [0.2, 0.25) is 0 Å². The molecule has 0 fully saturated rings. The number of ether oxygens (including phenoxy) is 2. The van der Waals surface area contributed by atoms with Crippen LogP contribution in [0.4, 0.5) is 5.69 Å². The second-order valence-electron chi connectivity index (χ2n) is 5.56. The van der Waals surface area contributed by atoms with Crippen LogP contribution in [0.15, 0.2) is 24.4 Å². The van der Waals surface area contributed by atoms with Crippen molar-refractivity contribution < 1.29 is 9.47 Å². The zero-order chi connectivity index (χ0) is 15.0. The van der Waals surface area contributed by atoms with Gasteiger partial charge in [-0.15, -0.1) is 0 Å². The molecule has 2 heterocycles. The molecule has 1 aliphatic heterocycles. The first-order chi connectivity index (χ1) is 10.1. The van der Waals surface area contributed by atoms with E-state index < -0.39 is 0 Å². The van der Waals surface area contributed by atoms with Crippen molar-refractivity contribution in [3.63, 3.8) is 0 Å². The first kappa shape index (κ1) is 13.8. The number of methoxy groups -OCH3 is 1. The number of benzene rings is 1. The molecule has 0 unspecified atom stereocenters. The van der Waals surface area contributed by atoms with Gasteiger partial charge in [-0.1, -0.05) is 0 Å². The number of hydrogen-bond acceptors (Lipinski definition) is 4. The highest BCUT2D eigenvalue weighted by Crippen LogP contribution is 2.37. The molecule has 0 aliphatic carbocycles. The standard InChI is InChI=1S/C16H21N3O2/c1-11-8-19(10-13-9-18(3)17-12(13)2)15-7-14(20-4)5-6-16(15)21-11/h5-7,9,11H,8,10H2,1-4H3/t11-/m1/s1. The zero-order valence-electron chi connectivity index (χ0n) is 13.0. The molecule has 3 rings (SSSR count). The van der Waals surface area contributed by atoms with E-state index in [2.05, 4.69) is 23.1 Å². The molecule has 0 amide bonds. The Balaban J connectivity index is 1.94. The zero-order valence-corrected chi connectivity index (χ0v) is 13.0. The number of aryl methyl sites for hydroxylation is 2. The molecule has 0 saturated carbocycles. The number of anilines is 1. The molecule has 0 saturated heterocycles. The van der Waals surface area contributed by atoms with Gasteiger partial charge in [-0.25, -0.2) is 0 Å². The van der Waals surface area contributed by atoms with Crippen molar-refractivity contribution >= 4 is 5.69 Å². The summed E-state index contributed by atoms with van der Waals surface area (Å²) in [5.74, 6) is 1.76. The number of aromatic nitrogens is 2. The SMILES string of the molecule is COc1ccc2c(c1)N(Cc1cn(C)nc1C)C[C@@H](C)O2. The summed E-state index contributed by atoms with van der Waals surface area (Å²) < 4.78 is 13.1. The minimum atomic E-state index is 0.169. The Morgan fingerprint density at radius 3 is 2.90 bits per heavy atom. The Morgan fingerprint density at radius 2 is 2.24 bits per heavy atom. The first-order valence-corrected chi connectivity index (χ1v) is 7.15. The number of hydrogen-bond donors (Lipinski definition) is 0. The van der Waals surface area contributed by atoms with Crippen molar-refractivity contribution in [2.45, 2.75) is 26.5 Å². The van der Waals surface area contributed by atoms with Crippen LogP contribution < -0.4 is 14.4 Å². The van der Waals surface area contributed by atoms with Gasteiger partial charge in [0.15, 0.2) is 0 Å². The monoisotopic (exact) mass is 287 g/mol. The molecule has 1 atom stereocenters. The van der Waals surface area contributed by atoms with Crippen LogP contribution in [0.5, 0.6) is 11.5 Å². The second-order valence-corrected chi connectivity index (χ2v) is 5.56. The fourth-order valence-electron chi connectivity index (χ4n) is 2.79. The van der Waals surface area contributed by atoms with E-state index in [1.807, 2.05) is 36.9 Å². The van der Waals surface area contributed by atoms with E-state index in [9.17, 15) is 0 Å². The maximum absolute atomic E-state index is 5.92. The molecule has 0 N–H and O–H groups in total. The van der Waals surface area contributed by atoms with Crippen LogP contribution in [0.1, 0.15) is 18.2 Å². The highest BCUT2D eigenvalue weighted by Gasteiger charge is 2.24. The van der Waals surface area contributed by atoms with Crippen molar-refractivity contribution in [2.24, 2.45) is 7.05 Å². The highest BCUT2D eigenvalue weighted by atomic mass is 16.5. The van der Waals surface area contributed by atoms with Gasteiger partial charge in [-0.2, -0.15) is 5.10 Å². The number of fused-ring (bicyclic) bond motifs is 1. The molecule has 112 valence electrons. The Hall–Kier alpha value is -2.17. The van der Waals surface area contributed by atoms with Crippen molar-refractivity contribution in [3.05, 3.63) is 35.7 Å². The van der Waals surface area contributed by atoms with Gasteiger partial charge in [-0.05, 0) is 26.0 Å². The second kappa shape index (κ2) is 5.31. The van der Waals surface area contributed by atoms with E-state index in [1.54, 1.807) is 7.11 Å². The summed E-state index contributed by atoms with van der Waals surface area (Å²) in [6, 6.07) is 5.95. The lowest BCUT2D eigenvalue weighted by Gasteiger charge is -2.35. The largest absolute Gasteiger partial charge is 0.497 e. The minimum Gasteiger partial charge on any atom is -0.497 e. The molecule has 0 spiro atoms. The molecule has 2 aromatic rings. The lowest BCUT2D eigenvalue weighted by molar-refractivity contribution is 0.211. The van der Waals surface area contributed by atoms with E-state index in [4.69, 9.17) is 9.47 Å². The lowest BCUT2D eigenvalue weighted by atomic mass is 10.1. The first-order valence-electron chi connectivity index (χ1n) is 7.15. The predicted octanol–water partition coefficient (Wildman–Crippen LogP) is 2.52. The fraction of sp³-hybridized carbons (Fsp3) is 0.438. The predicted molar refractivity (Wildman–Crippen MR) is 82.1 cm³/mol. The van der Waals surface area contributed by atoms with Crippen molar-refractivity contribution in [1.82, 2.24) is 9.78 Å². The summed E-state index contributed by atoms with van der Waals surface area (Å²) in [6.45, 7) is 5.82. The molecule has 5 nitrogen and oxygen atoms in total. The fourth-order valence-corrected chi connectivity index (χ4v) is 2.79. The van der Waals surface area contributed by atoms with E-state index in [1.165, 1.54) is 5.56 Å². The van der Waals surface area contributed by atoms with Crippen molar-refractivity contribution in [2.75, 3.05) is 18.6 Å². The van der Waals surface area contributed by atoms with Crippen LogP contribution in [0.3, 0.4) is 0 Å². The quantitative estimate of drug-likeness (QED) is 0.869. The maximum atomic E-state index is 5.92. The Morgan fingerprint density at radius 1 is 1.43 bits per heavy atom. The molecule has 0 bridgehead atoms. The smallest absolute Gasteiger partial charge is 0.143 e. The number of nitrogens with zero attached hydrogens (tertiary/aromatic N) is 3. The van der Waals surface area contributed by atoms with Gasteiger partial charge < -0.3 is 14.4 Å². The Bertz CT molecular complexity index is 651.